The number of hydrogen-bond donors (Lipinski definition) is 2. The highest BCUT2D eigenvalue weighted by atomic mass is 16.3. The van der Waals surface area contributed by atoms with Crippen LogP contribution in [0.4, 0.5) is 5.69 Å². The fraction of sp³-hybridized carbons (Fsp3) is 0.0625. The van der Waals surface area contributed by atoms with Crippen molar-refractivity contribution in [3.8, 4) is 0 Å². The first-order valence-electron chi connectivity index (χ1n) is 6.22. The molecule has 1 heterocycles. The van der Waals surface area contributed by atoms with Crippen LogP contribution in [0.5, 0.6) is 0 Å². The van der Waals surface area contributed by atoms with E-state index in [0.717, 1.165) is 6.08 Å². The average molecular weight is 267 g/mol. The summed E-state index contributed by atoms with van der Waals surface area (Å²) < 4.78 is 0. The molecule has 1 amide bonds. The number of aliphatic hydroxyl groups excluding tert-OH is 1. The number of aliphatic hydroxyl groups is 2. The van der Waals surface area contributed by atoms with E-state index in [4.69, 9.17) is 0 Å². The van der Waals surface area contributed by atoms with Crippen molar-refractivity contribution >= 4 is 11.6 Å². The maximum atomic E-state index is 12.1. The van der Waals surface area contributed by atoms with E-state index >= 15 is 0 Å². The van der Waals surface area contributed by atoms with Gasteiger partial charge in [0.15, 0.2) is 11.5 Å². The van der Waals surface area contributed by atoms with Gasteiger partial charge < -0.3 is 10.2 Å². The van der Waals surface area contributed by atoms with Crippen molar-refractivity contribution in [3.05, 3.63) is 78.1 Å². The minimum atomic E-state index is -1.68. The second-order valence-electron chi connectivity index (χ2n) is 4.60. The largest absolute Gasteiger partial charge is 0.503 e. The van der Waals surface area contributed by atoms with Crippen LogP contribution in [0, 0.1) is 0 Å². The number of benzene rings is 2. The highest BCUT2D eigenvalue weighted by molar-refractivity contribution is 6.08. The van der Waals surface area contributed by atoms with Gasteiger partial charge in [-0.05, 0) is 12.1 Å². The molecule has 0 radical (unpaired) electrons. The molecule has 0 bridgehead atoms. The summed E-state index contributed by atoms with van der Waals surface area (Å²) in [4.78, 5) is 13.3. The van der Waals surface area contributed by atoms with Gasteiger partial charge in [0, 0.05) is 17.3 Å². The van der Waals surface area contributed by atoms with Gasteiger partial charge >= 0.3 is 0 Å². The summed E-state index contributed by atoms with van der Waals surface area (Å²) in [5.74, 6) is -1.08. The molecule has 0 aromatic heterocycles. The molecule has 3 rings (SSSR count). The predicted octanol–water partition coefficient (Wildman–Crippen LogP) is 2.32. The van der Waals surface area contributed by atoms with Gasteiger partial charge in [0.05, 0.1) is 0 Å². The lowest BCUT2D eigenvalue weighted by atomic mass is 10.0. The Bertz CT molecular complexity index is 667. The Labute approximate surface area is 116 Å². The number of para-hydroxylation sites is 1. The lowest BCUT2D eigenvalue weighted by Crippen LogP contribution is -2.44. The summed E-state index contributed by atoms with van der Waals surface area (Å²) in [7, 11) is 0. The third-order valence-electron chi connectivity index (χ3n) is 3.31. The maximum Gasteiger partial charge on any atom is 0.295 e. The Morgan fingerprint density at radius 2 is 1.45 bits per heavy atom. The molecular formula is C16H13NO3. The lowest BCUT2D eigenvalue weighted by molar-refractivity contribution is -0.119. The molecule has 0 aliphatic carbocycles. The molecule has 0 fully saturated rings. The van der Waals surface area contributed by atoms with Crippen molar-refractivity contribution in [2.45, 2.75) is 5.72 Å². The van der Waals surface area contributed by atoms with Crippen LogP contribution >= 0.6 is 0 Å². The summed E-state index contributed by atoms with van der Waals surface area (Å²) in [5, 5.41) is 20.6. The van der Waals surface area contributed by atoms with Crippen LogP contribution in [-0.4, -0.2) is 16.1 Å². The standard InChI is InChI=1S/C16H13NO3/c18-14-11-16(20,12-7-3-1-4-8-12)17(15(14)19)13-9-5-2-6-10-13/h1-11,18,20H/t16-/m0/s1. The molecule has 1 aliphatic heterocycles. The molecule has 20 heavy (non-hydrogen) atoms. The van der Waals surface area contributed by atoms with Crippen LogP contribution in [0.2, 0.25) is 0 Å². The Balaban J connectivity index is 2.15. The highest BCUT2D eigenvalue weighted by Gasteiger charge is 2.46. The smallest absolute Gasteiger partial charge is 0.295 e. The van der Waals surface area contributed by atoms with Crippen LogP contribution < -0.4 is 4.90 Å². The first-order valence-corrected chi connectivity index (χ1v) is 6.22. The monoisotopic (exact) mass is 267 g/mol. The van der Waals surface area contributed by atoms with Gasteiger partial charge in [-0.15, -0.1) is 0 Å². The van der Waals surface area contributed by atoms with E-state index in [2.05, 4.69) is 0 Å². The molecule has 4 nitrogen and oxygen atoms in total. The molecule has 2 aromatic rings. The summed E-state index contributed by atoms with van der Waals surface area (Å²) >= 11 is 0. The van der Waals surface area contributed by atoms with Crippen LogP contribution in [0.3, 0.4) is 0 Å². The number of hydrogen-bond acceptors (Lipinski definition) is 3. The van der Waals surface area contributed by atoms with E-state index in [-0.39, 0.29) is 0 Å². The van der Waals surface area contributed by atoms with Crippen molar-refractivity contribution in [2.75, 3.05) is 4.90 Å². The number of anilines is 1. The number of nitrogens with zero attached hydrogens (tertiary/aromatic N) is 1. The number of amides is 1. The van der Waals surface area contributed by atoms with Gasteiger partial charge in [-0.2, -0.15) is 0 Å². The van der Waals surface area contributed by atoms with Crippen LogP contribution in [0.25, 0.3) is 0 Å². The fourth-order valence-electron chi connectivity index (χ4n) is 2.37. The molecular weight excluding hydrogens is 254 g/mol. The minimum absolute atomic E-state index is 0.458. The van der Waals surface area contributed by atoms with Crippen molar-refractivity contribution in [1.29, 1.82) is 0 Å². The SMILES string of the molecule is O=C1C(O)=C[C@](O)(c2ccccc2)N1c1ccccc1. The van der Waals surface area contributed by atoms with E-state index in [1.54, 1.807) is 48.5 Å². The van der Waals surface area contributed by atoms with Crippen LogP contribution in [0.15, 0.2) is 72.5 Å². The average Bonchev–Trinajstić information content (AvgIpc) is 2.72. The normalized spacial score (nSPS) is 21.9. The molecule has 2 aromatic carbocycles. The van der Waals surface area contributed by atoms with Crippen molar-refractivity contribution in [3.63, 3.8) is 0 Å². The zero-order valence-electron chi connectivity index (χ0n) is 10.6. The van der Waals surface area contributed by atoms with E-state index in [1.807, 2.05) is 12.1 Å². The minimum Gasteiger partial charge on any atom is -0.503 e. The number of rotatable bonds is 2. The molecule has 4 heteroatoms. The molecule has 100 valence electrons. The molecule has 0 saturated carbocycles. The molecule has 1 atom stereocenters. The second-order valence-corrected chi connectivity index (χ2v) is 4.60. The topological polar surface area (TPSA) is 60.8 Å². The third-order valence-corrected chi connectivity index (χ3v) is 3.31. The van der Waals surface area contributed by atoms with Gasteiger partial charge in [-0.1, -0.05) is 48.5 Å². The van der Waals surface area contributed by atoms with E-state index in [1.165, 1.54) is 4.90 Å². The molecule has 0 saturated heterocycles. The molecule has 2 N–H and O–H groups in total. The first kappa shape index (κ1) is 12.4. The van der Waals surface area contributed by atoms with Gasteiger partial charge in [0.2, 0.25) is 0 Å². The van der Waals surface area contributed by atoms with Gasteiger partial charge in [0.25, 0.3) is 5.91 Å². The number of carbonyl (C=O) groups excluding carboxylic acids is 1. The zero-order chi connectivity index (χ0) is 14.2. The quantitative estimate of drug-likeness (QED) is 0.877. The van der Waals surface area contributed by atoms with E-state index in [9.17, 15) is 15.0 Å². The Morgan fingerprint density at radius 1 is 0.900 bits per heavy atom. The maximum absolute atomic E-state index is 12.1. The Morgan fingerprint density at radius 3 is 2.05 bits per heavy atom. The third kappa shape index (κ3) is 1.78. The summed E-state index contributed by atoms with van der Waals surface area (Å²) in [5.41, 5.74) is -0.644. The molecule has 0 unspecified atom stereocenters. The predicted molar refractivity (Wildman–Crippen MR) is 75.0 cm³/mol. The van der Waals surface area contributed by atoms with Gasteiger partial charge in [0.1, 0.15) is 0 Å². The lowest BCUT2D eigenvalue weighted by Gasteiger charge is -2.33. The summed E-state index contributed by atoms with van der Waals surface area (Å²) in [6.07, 6.45) is 1.16. The highest BCUT2D eigenvalue weighted by Crippen LogP contribution is 2.38. The van der Waals surface area contributed by atoms with Crippen molar-refractivity contribution < 1.29 is 15.0 Å². The van der Waals surface area contributed by atoms with Crippen LogP contribution in [0.1, 0.15) is 5.56 Å². The second kappa shape index (κ2) is 4.51. The van der Waals surface area contributed by atoms with Crippen LogP contribution in [-0.2, 0) is 10.5 Å². The van der Waals surface area contributed by atoms with Gasteiger partial charge in [-0.25, -0.2) is 0 Å². The van der Waals surface area contributed by atoms with Crippen molar-refractivity contribution in [2.24, 2.45) is 0 Å². The Kier molecular flexibility index (Phi) is 2.80. The number of carbonyl (C=O) groups is 1. The van der Waals surface area contributed by atoms with Crippen molar-refractivity contribution in [1.82, 2.24) is 0 Å². The zero-order valence-corrected chi connectivity index (χ0v) is 10.6. The first-order chi connectivity index (χ1) is 9.63. The summed E-state index contributed by atoms with van der Waals surface area (Å²) in [6.45, 7) is 0. The Hall–Kier alpha value is -2.59. The van der Waals surface area contributed by atoms with Gasteiger partial charge in [-0.3, -0.25) is 9.69 Å². The van der Waals surface area contributed by atoms with E-state index < -0.39 is 17.4 Å². The molecule has 1 aliphatic rings. The van der Waals surface area contributed by atoms with E-state index in [0.29, 0.717) is 11.3 Å². The fourth-order valence-corrected chi connectivity index (χ4v) is 2.37. The summed E-state index contributed by atoms with van der Waals surface area (Å²) in [6, 6.07) is 17.5. The molecule has 0 spiro atoms.